The number of carbonyl (C=O) groups is 1. The van der Waals surface area contributed by atoms with Gasteiger partial charge in [0.15, 0.2) is 5.82 Å². The summed E-state index contributed by atoms with van der Waals surface area (Å²) in [4.78, 5) is 20.1. The number of rotatable bonds is 1. The molecule has 1 aromatic rings. The molecule has 0 aromatic carbocycles. The number of halogens is 1. The van der Waals surface area contributed by atoms with Crippen molar-refractivity contribution in [2.24, 2.45) is 5.92 Å². The fourth-order valence-corrected chi connectivity index (χ4v) is 2.92. The van der Waals surface area contributed by atoms with Gasteiger partial charge in [-0.3, -0.25) is 4.79 Å². The number of amides is 1. The fraction of sp³-hybridized carbons (Fsp3) is 0.583. The summed E-state index contributed by atoms with van der Waals surface area (Å²) in [6.07, 6.45) is 7.40. The quantitative estimate of drug-likeness (QED) is 0.766. The molecule has 0 spiro atoms. The Morgan fingerprint density at radius 2 is 2.06 bits per heavy atom. The number of aromatic nitrogens is 2. The first-order valence-electron chi connectivity index (χ1n) is 6.34. The first kappa shape index (κ1) is 11.7. The Bertz CT molecular complexity index is 473. The van der Waals surface area contributed by atoms with E-state index in [0.29, 0.717) is 17.4 Å². The lowest BCUT2D eigenvalue weighted by Crippen LogP contribution is -2.45. The summed E-state index contributed by atoms with van der Waals surface area (Å²) in [6.45, 7) is 0. The molecule has 1 aliphatic carbocycles. The van der Waals surface area contributed by atoms with E-state index in [9.17, 15) is 4.79 Å². The predicted octanol–water partition coefficient (Wildman–Crippen LogP) is 2.44. The Morgan fingerprint density at radius 1 is 1.28 bits per heavy atom. The highest BCUT2D eigenvalue weighted by Crippen LogP contribution is 2.33. The Labute approximate surface area is 110 Å². The summed E-state index contributed by atoms with van der Waals surface area (Å²) in [5, 5.41) is 6.25. The van der Waals surface area contributed by atoms with E-state index in [2.05, 4.69) is 20.6 Å². The van der Waals surface area contributed by atoms with Crippen LogP contribution in [0.4, 0.5) is 11.5 Å². The van der Waals surface area contributed by atoms with Crippen LogP contribution in [0.5, 0.6) is 0 Å². The molecular formula is C12H15ClN4O. The Hall–Kier alpha value is -1.36. The molecule has 1 fully saturated rings. The van der Waals surface area contributed by atoms with Crippen molar-refractivity contribution < 1.29 is 4.79 Å². The van der Waals surface area contributed by atoms with Crippen LogP contribution in [0.25, 0.3) is 0 Å². The summed E-state index contributed by atoms with van der Waals surface area (Å²) in [5.41, 5.74) is 0.608. The lowest BCUT2D eigenvalue weighted by molar-refractivity contribution is -0.118. The largest absolute Gasteiger partial charge is 0.356 e. The Balaban J connectivity index is 1.83. The summed E-state index contributed by atoms with van der Waals surface area (Å²) in [5.74, 6) is 1.03. The summed E-state index contributed by atoms with van der Waals surface area (Å²) < 4.78 is 0. The van der Waals surface area contributed by atoms with Gasteiger partial charge in [0.05, 0.1) is 6.20 Å². The van der Waals surface area contributed by atoms with Crippen molar-refractivity contribution in [3.63, 3.8) is 0 Å². The zero-order chi connectivity index (χ0) is 12.5. The topological polar surface area (TPSA) is 66.9 Å². The van der Waals surface area contributed by atoms with Crippen molar-refractivity contribution in [1.82, 2.24) is 9.97 Å². The Kier molecular flexibility index (Phi) is 3.07. The number of fused-ring (bicyclic) bond motifs is 1. The summed E-state index contributed by atoms with van der Waals surface area (Å²) >= 11 is 5.77. The molecule has 0 saturated heterocycles. The molecule has 1 saturated carbocycles. The van der Waals surface area contributed by atoms with Crippen LogP contribution in [0.3, 0.4) is 0 Å². The first-order valence-corrected chi connectivity index (χ1v) is 6.72. The minimum absolute atomic E-state index is 0.0142. The van der Waals surface area contributed by atoms with Crippen LogP contribution >= 0.6 is 11.6 Å². The molecule has 18 heavy (non-hydrogen) atoms. The van der Waals surface area contributed by atoms with E-state index in [0.717, 1.165) is 12.8 Å². The van der Waals surface area contributed by atoms with Crippen LogP contribution in [0.15, 0.2) is 6.20 Å². The molecular weight excluding hydrogens is 252 g/mol. The van der Waals surface area contributed by atoms with Gasteiger partial charge in [-0.25, -0.2) is 4.98 Å². The van der Waals surface area contributed by atoms with Crippen LogP contribution in [0.2, 0.25) is 5.28 Å². The standard InChI is InChI=1S/C12H15ClN4O/c13-12-14-6-8-10(17-12)16-9(11(18)15-8)7-4-2-1-3-5-7/h6-7,9H,1-5H2,(H,15,18)(H,14,16,17). The molecule has 5 nitrogen and oxygen atoms in total. The predicted molar refractivity (Wildman–Crippen MR) is 69.7 cm³/mol. The normalized spacial score (nSPS) is 24.1. The highest BCUT2D eigenvalue weighted by Gasteiger charge is 2.33. The molecule has 2 aliphatic rings. The van der Waals surface area contributed by atoms with Crippen LogP contribution in [-0.4, -0.2) is 21.9 Å². The van der Waals surface area contributed by atoms with Crippen molar-refractivity contribution in [1.29, 1.82) is 0 Å². The molecule has 1 amide bonds. The van der Waals surface area contributed by atoms with Gasteiger partial charge in [-0.15, -0.1) is 0 Å². The SMILES string of the molecule is O=C1Nc2cnc(Cl)nc2NC1C1CCCCC1. The molecule has 2 heterocycles. The maximum absolute atomic E-state index is 12.1. The van der Waals surface area contributed by atoms with Crippen LogP contribution in [-0.2, 0) is 4.79 Å². The van der Waals surface area contributed by atoms with Crippen LogP contribution in [0.1, 0.15) is 32.1 Å². The number of nitrogens with zero attached hydrogens (tertiary/aromatic N) is 2. The average molecular weight is 267 g/mol. The second-order valence-electron chi connectivity index (χ2n) is 4.91. The molecule has 1 atom stereocenters. The third-order valence-electron chi connectivity index (χ3n) is 3.71. The van der Waals surface area contributed by atoms with Gasteiger partial charge >= 0.3 is 0 Å². The fourth-order valence-electron chi connectivity index (χ4n) is 2.78. The van der Waals surface area contributed by atoms with Gasteiger partial charge in [0.2, 0.25) is 11.2 Å². The molecule has 2 N–H and O–H groups in total. The number of hydrogen-bond acceptors (Lipinski definition) is 4. The highest BCUT2D eigenvalue weighted by atomic mass is 35.5. The molecule has 96 valence electrons. The lowest BCUT2D eigenvalue weighted by atomic mass is 9.83. The van der Waals surface area contributed by atoms with E-state index in [1.807, 2.05) is 0 Å². The third kappa shape index (κ3) is 2.14. The number of anilines is 2. The van der Waals surface area contributed by atoms with Gasteiger partial charge in [-0.2, -0.15) is 4.98 Å². The van der Waals surface area contributed by atoms with Crippen molar-refractivity contribution in [2.45, 2.75) is 38.1 Å². The first-order chi connectivity index (χ1) is 8.74. The number of carbonyl (C=O) groups excluding carboxylic acids is 1. The van der Waals surface area contributed by atoms with Gasteiger partial charge in [-0.1, -0.05) is 19.3 Å². The van der Waals surface area contributed by atoms with E-state index < -0.39 is 0 Å². The zero-order valence-electron chi connectivity index (χ0n) is 9.95. The Morgan fingerprint density at radius 3 is 2.83 bits per heavy atom. The van der Waals surface area contributed by atoms with Crippen molar-refractivity contribution in [2.75, 3.05) is 10.6 Å². The molecule has 0 radical (unpaired) electrons. The molecule has 1 aliphatic heterocycles. The molecule has 1 aromatic heterocycles. The maximum atomic E-state index is 12.1. The molecule has 3 rings (SSSR count). The van der Waals surface area contributed by atoms with Gasteiger partial charge < -0.3 is 10.6 Å². The minimum Gasteiger partial charge on any atom is -0.356 e. The number of hydrogen-bond donors (Lipinski definition) is 2. The van der Waals surface area contributed by atoms with E-state index in [1.165, 1.54) is 25.5 Å². The average Bonchev–Trinajstić information content (AvgIpc) is 2.39. The van der Waals surface area contributed by atoms with Crippen molar-refractivity contribution >= 4 is 29.0 Å². The van der Waals surface area contributed by atoms with Crippen LogP contribution < -0.4 is 10.6 Å². The summed E-state index contributed by atoms with van der Waals surface area (Å²) in [6, 6.07) is -0.191. The third-order valence-corrected chi connectivity index (χ3v) is 3.90. The van der Waals surface area contributed by atoms with Crippen LogP contribution in [0, 0.1) is 5.92 Å². The summed E-state index contributed by atoms with van der Waals surface area (Å²) in [7, 11) is 0. The van der Waals surface area contributed by atoms with Gasteiger partial charge in [-0.05, 0) is 30.4 Å². The molecule has 1 unspecified atom stereocenters. The molecule has 0 bridgehead atoms. The van der Waals surface area contributed by atoms with E-state index in [1.54, 1.807) is 0 Å². The minimum atomic E-state index is -0.191. The zero-order valence-corrected chi connectivity index (χ0v) is 10.7. The van der Waals surface area contributed by atoms with E-state index in [4.69, 9.17) is 11.6 Å². The van der Waals surface area contributed by atoms with Crippen molar-refractivity contribution in [3.8, 4) is 0 Å². The monoisotopic (exact) mass is 266 g/mol. The van der Waals surface area contributed by atoms with Gasteiger partial charge in [0.1, 0.15) is 11.7 Å². The lowest BCUT2D eigenvalue weighted by Gasteiger charge is -2.33. The molecule has 6 heteroatoms. The van der Waals surface area contributed by atoms with E-state index in [-0.39, 0.29) is 17.2 Å². The second kappa shape index (κ2) is 4.72. The van der Waals surface area contributed by atoms with Crippen molar-refractivity contribution in [3.05, 3.63) is 11.5 Å². The van der Waals surface area contributed by atoms with E-state index >= 15 is 0 Å². The number of nitrogens with one attached hydrogen (secondary N) is 2. The van der Waals surface area contributed by atoms with Gasteiger partial charge in [0.25, 0.3) is 0 Å². The smallest absolute Gasteiger partial charge is 0.247 e. The highest BCUT2D eigenvalue weighted by molar-refractivity contribution is 6.28. The maximum Gasteiger partial charge on any atom is 0.247 e. The second-order valence-corrected chi connectivity index (χ2v) is 5.25. The van der Waals surface area contributed by atoms with Gasteiger partial charge in [0, 0.05) is 0 Å².